The lowest BCUT2D eigenvalue weighted by molar-refractivity contribution is 0.0920. The molecule has 0 saturated heterocycles. The predicted molar refractivity (Wildman–Crippen MR) is 134 cm³/mol. The van der Waals surface area contributed by atoms with Gasteiger partial charge in [-0.05, 0) is 54.3 Å². The molecule has 0 spiro atoms. The number of carbonyl (C=O) groups excluding carboxylic acids is 1. The van der Waals surface area contributed by atoms with Crippen molar-refractivity contribution in [2.75, 3.05) is 20.8 Å². The summed E-state index contributed by atoms with van der Waals surface area (Å²) < 4.78 is 16.8. The summed E-state index contributed by atoms with van der Waals surface area (Å²) in [6, 6.07) is 23.8. The van der Waals surface area contributed by atoms with Crippen LogP contribution in [0.1, 0.15) is 53.1 Å². The van der Waals surface area contributed by atoms with E-state index in [1.54, 1.807) is 14.2 Å². The van der Waals surface area contributed by atoms with Crippen molar-refractivity contribution in [2.24, 2.45) is 0 Å². The third-order valence-electron chi connectivity index (χ3n) is 6.52. The molecule has 2 unspecified atom stereocenters. The van der Waals surface area contributed by atoms with Crippen molar-refractivity contribution >= 4 is 5.91 Å². The second-order valence-electron chi connectivity index (χ2n) is 8.70. The smallest absolute Gasteiger partial charge is 0.251 e. The highest BCUT2D eigenvalue weighted by Crippen LogP contribution is 2.37. The molecular weight excluding hydrogens is 426 g/mol. The Morgan fingerprint density at radius 1 is 0.882 bits per heavy atom. The van der Waals surface area contributed by atoms with Gasteiger partial charge in [0, 0.05) is 23.9 Å². The average Bonchev–Trinajstić information content (AvgIpc) is 2.89. The van der Waals surface area contributed by atoms with Crippen LogP contribution in [-0.2, 0) is 6.42 Å². The molecule has 1 saturated carbocycles. The van der Waals surface area contributed by atoms with Crippen LogP contribution in [0.2, 0.25) is 0 Å². The summed E-state index contributed by atoms with van der Waals surface area (Å²) in [4.78, 5) is 13.1. The minimum absolute atomic E-state index is 0.0640. The van der Waals surface area contributed by atoms with Crippen molar-refractivity contribution in [1.29, 1.82) is 0 Å². The maximum absolute atomic E-state index is 13.1. The normalized spacial score (nSPS) is 17.6. The Labute approximate surface area is 202 Å². The van der Waals surface area contributed by atoms with Gasteiger partial charge >= 0.3 is 0 Å². The minimum Gasteiger partial charge on any atom is -0.493 e. The van der Waals surface area contributed by atoms with Crippen molar-refractivity contribution in [3.63, 3.8) is 0 Å². The third kappa shape index (κ3) is 5.90. The van der Waals surface area contributed by atoms with Gasteiger partial charge in [0.15, 0.2) is 11.5 Å². The van der Waals surface area contributed by atoms with Gasteiger partial charge in [-0.15, -0.1) is 0 Å². The number of ether oxygens (including phenoxy) is 3. The first-order chi connectivity index (χ1) is 16.7. The van der Waals surface area contributed by atoms with Crippen LogP contribution < -0.4 is 19.5 Å². The van der Waals surface area contributed by atoms with Crippen LogP contribution in [0.5, 0.6) is 17.2 Å². The highest BCUT2D eigenvalue weighted by atomic mass is 16.5. The monoisotopic (exact) mass is 459 g/mol. The average molecular weight is 460 g/mol. The minimum atomic E-state index is -0.0640. The molecule has 0 aromatic heterocycles. The van der Waals surface area contributed by atoms with E-state index in [0.29, 0.717) is 23.7 Å². The van der Waals surface area contributed by atoms with Crippen molar-refractivity contribution in [3.8, 4) is 17.2 Å². The fraction of sp³-hybridized carbons (Fsp3) is 0.345. The number of hydrogen-bond acceptors (Lipinski definition) is 4. The van der Waals surface area contributed by atoms with Crippen LogP contribution >= 0.6 is 0 Å². The van der Waals surface area contributed by atoms with Gasteiger partial charge < -0.3 is 19.5 Å². The Morgan fingerprint density at radius 2 is 1.68 bits per heavy atom. The Kier molecular flexibility index (Phi) is 8.08. The Bertz CT molecular complexity index is 1080. The fourth-order valence-corrected chi connectivity index (χ4v) is 4.70. The molecule has 1 N–H and O–H groups in total. The zero-order valence-corrected chi connectivity index (χ0v) is 20.0. The zero-order chi connectivity index (χ0) is 23.8. The SMILES string of the molecule is COc1ccc(C2CCCCC2NC(=O)c2cccc(OCCc3ccccc3)c2)cc1OC. The molecule has 178 valence electrons. The first kappa shape index (κ1) is 23.7. The van der Waals surface area contributed by atoms with Crippen LogP contribution in [0.4, 0.5) is 0 Å². The van der Waals surface area contributed by atoms with Gasteiger partial charge in [-0.2, -0.15) is 0 Å². The van der Waals surface area contributed by atoms with Gasteiger partial charge in [-0.3, -0.25) is 4.79 Å². The summed E-state index contributed by atoms with van der Waals surface area (Å²) in [6.45, 7) is 0.569. The lowest BCUT2D eigenvalue weighted by Gasteiger charge is -2.33. The summed E-state index contributed by atoms with van der Waals surface area (Å²) in [6.07, 6.45) is 5.07. The molecule has 0 aliphatic heterocycles. The lowest BCUT2D eigenvalue weighted by Crippen LogP contribution is -2.41. The van der Waals surface area contributed by atoms with Crippen LogP contribution in [0.15, 0.2) is 72.8 Å². The summed E-state index contributed by atoms with van der Waals surface area (Å²) in [7, 11) is 3.29. The Balaban J connectivity index is 1.41. The van der Waals surface area contributed by atoms with Gasteiger partial charge in [0.1, 0.15) is 5.75 Å². The molecule has 1 fully saturated rings. The highest BCUT2D eigenvalue weighted by molar-refractivity contribution is 5.94. The molecule has 5 nitrogen and oxygen atoms in total. The number of amides is 1. The molecule has 0 heterocycles. The maximum Gasteiger partial charge on any atom is 0.251 e. The summed E-state index contributed by atoms with van der Waals surface area (Å²) in [5, 5.41) is 3.29. The molecule has 0 bridgehead atoms. The number of hydrogen-bond donors (Lipinski definition) is 1. The lowest BCUT2D eigenvalue weighted by atomic mass is 9.79. The van der Waals surface area contributed by atoms with Crippen LogP contribution in [-0.4, -0.2) is 32.8 Å². The number of methoxy groups -OCH3 is 2. The van der Waals surface area contributed by atoms with Gasteiger partial charge in [0.25, 0.3) is 5.91 Å². The first-order valence-electron chi connectivity index (χ1n) is 12.0. The topological polar surface area (TPSA) is 56.8 Å². The number of carbonyl (C=O) groups is 1. The molecule has 3 aromatic carbocycles. The molecule has 5 heteroatoms. The number of benzene rings is 3. The first-order valence-corrected chi connectivity index (χ1v) is 12.0. The second-order valence-corrected chi connectivity index (χ2v) is 8.70. The van der Waals surface area contributed by atoms with Gasteiger partial charge in [-0.1, -0.05) is 55.3 Å². The number of rotatable bonds is 9. The van der Waals surface area contributed by atoms with Gasteiger partial charge in [0.2, 0.25) is 0 Å². The van der Waals surface area contributed by atoms with E-state index >= 15 is 0 Å². The van der Waals surface area contributed by atoms with Crippen LogP contribution in [0.25, 0.3) is 0 Å². The van der Waals surface area contributed by atoms with Crippen molar-refractivity contribution < 1.29 is 19.0 Å². The quantitative estimate of drug-likeness (QED) is 0.441. The molecule has 0 radical (unpaired) electrons. The molecule has 4 rings (SSSR count). The van der Waals surface area contributed by atoms with Gasteiger partial charge in [0.05, 0.1) is 20.8 Å². The van der Waals surface area contributed by atoms with Crippen molar-refractivity contribution in [2.45, 2.75) is 44.1 Å². The summed E-state index contributed by atoms with van der Waals surface area (Å²) in [5.74, 6) is 2.32. The second kappa shape index (κ2) is 11.6. The largest absolute Gasteiger partial charge is 0.493 e. The number of nitrogens with one attached hydrogen (secondary N) is 1. The predicted octanol–water partition coefficient (Wildman–Crippen LogP) is 5.78. The fourth-order valence-electron chi connectivity index (χ4n) is 4.70. The van der Waals surface area contributed by atoms with Crippen molar-refractivity contribution in [1.82, 2.24) is 5.32 Å². The Hall–Kier alpha value is -3.47. The summed E-state index contributed by atoms with van der Waals surface area (Å²) in [5.41, 5.74) is 3.02. The van der Waals surface area contributed by atoms with E-state index in [1.807, 2.05) is 54.6 Å². The van der Waals surface area contributed by atoms with E-state index in [0.717, 1.165) is 37.9 Å². The van der Waals surface area contributed by atoms with E-state index in [9.17, 15) is 4.79 Å². The zero-order valence-electron chi connectivity index (χ0n) is 20.0. The molecule has 1 amide bonds. The van der Waals surface area contributed by atoms with E-state index in [2.05, 4.69) is 23.5 Å². The maximum atomic E-state index is 13.1. The van der Waals surface area contributed by atoms with E-state index < -0.39 is 0 Å². The highest BCUT2D eigenvalue weighted by Gasteiger charge is 2.29. The molecule has 2 atom stereocenters. The van der Waals surface area contributed by atoms with E-state index in [4.69, 9.17) is 14.2 Å². The van der Waals surface area contributed by atoms with E-state index in [-0.39, 0.29) is 17.9 Å². The van der Waals surface area contributed by atoms with Crippen molar-refractivity contribution in [3.05, 3.63) is 89.5 Å². The Morgan fingerprint density at radius 3 is 2.47 bits per heavy atom. The molecule has 34 heavy (non-hydrogen) atoms. The molecular formula is C29H33NO4. The van der Waals surface area contributed by atoms with Gasteiger partial charge in [-0.25, -0.2) is 0 Å². The molecule has 3 aromatic rings. The molecule has 1 aliphatic carbocycles. The third-order valence-corrected chi connectivity index (χ3v) is 6.52. The summed E-state index contributed by atoms with van der Waals surface area (Å²) >= 11 is 0. The standard InChI is InChI=1S/C29H33NO4/c1-32-27-16-15-22(20-28(27)33-2)25-13-6-7-14-26(25)30-29(31)23-11-8-12-24(19-23)34-18-17-21-9-4-3-5-10-21/h3-5,8-12,15-16,19-20,25-26H,6-7,13-14,17-18H2,1-2H3,(H,30,31). The van der Waals surface area contributed by atoms with E-state index in [1.165, 1.54) is 11.1 Å². The van der Waals surface area contributed by atoms with Crippen LogP contribution in [0.3, 0.4) is 0 Å². The van der Waals surface area contributed by atoms with Crippen LogP contribution in [0, 0.1) is 0 Å². The molecule has 1 aliphatic rings.